The number of nitrogens with one attached hydrogen (secondary N) is 2. The first-order valence-corrected chi connectivity index (χ1v) is 6.24. The third-order valence-electron chi connectivity index (χ3n) is 2.82. The van der Waals surface area contributed by atoms with E-state index in [-0.39, 0.29) is 11.8 Å². The molecule has 2 amide bonds. The molecule has 0 bridgehead atoms. The normalized spacial score (nSPS) is 11.5. The van der Waals surface area contributed by atoms with Crippen molar-refractivity contribution in [3.05, 3.63) is 29.8 Å². The lowest BCUT2D eigenvalue weighted by Crippen LogP contribution is -2.46. The molecular formula is C14H20N2O3. The van der Waals surface area contributed by atoms with Gasteiger partial charge in [0.15, 0.2) is 0 Å². The van der Waals surface area contributed by atoms with Crippen LogP contribution in [-0.4, -0.2) is 32.0 Å². The Balaban J connectivity index is 2.75. The maximum absolute atomic E-state index is 11.7. The SMILES string of the molecule is CCC(=O)N[C@@H](Cc1ccc(OC)cc1)C(=O)NC. The van der Waals surface area contributed by atoms with Gasteiger partial charge in [0.2, 0.25) is 11.8 Å². The van der Waals surface area contributed by atoms with Gasteiger partial charge in [0.25, 0.3) is 0 Å². The lowest BCUT2D eigenvalue weighted by atomic mass is 10.0. The van der Waals surface area contributed by atoms with Crippen LogP contribution < -0.4 is 15.4 Å². The highest BCUT2D eigenvalue weighted by Gasteiger charge is 2.19. The Hall–Kier alpha value is -2.04. The average molecular weight is 264 g/mol. The summed E-state index contributed by atoms with van der Waals surface area (Å²) in [5.41, 5.74) is 0.964. The van der Waals surface area contributed by atoms with Gasteiger partial charge in [0.1, 0.15) is 11.8 Å². The molecule has 0 unspecified atom stereocenters. The van der Waals surface area contributed by atoms with Gasteiger partial charge < -0.3 is 15.4 Å². The molecule has 1 aromatic rings. The Labute approximate surface area is 113 Å². The molecule has 0 aliphatic rings. The summed E-state index contributed by atoms with van der Waals surface area (Å²) >= 11 is 0. The second-order valence-electron chi connectivity index (χ2n) is 4.14. The van der Waals surface area contributed by atoms with E-state index >= 15 is 0 Å². The summed E-state index contributed by atoms with van der Waals surface area (Å²) in [5.74, 6) is 0.428. The van der Waals surface area contributed by atoms with Gasteiger partial charge in [-0.25, -0.2) is 0 Å². The fourth-order valence-electron chi connectivity index (χ4n) is 1.68. The summed E-state index contributed by atoms with van der Waals surface area (Å²) in [5, 5.41) is 5.27. The summed E-state index contributed by atoms with van der Waals surface area (Å²) in [6.45, 7) is 1.75. The first-order valence-electron chi connectivity index (χ1n) is 6.24. The Morgan fingerprint density at radius 3 is 2.37 bits per heavy atom. The summed E-state index contributed by atoms with van der Waals surface area (Å²) in [7, 11) is 3.16. The van der Waals surface area contributed by atoms with E-state index in [9.17, 15) is 9.59 Å². The van der Waals surface area contributed by atoms with Crippen LogP contribution in [0.5, 0.6) is 5.75 Å². The molecule has 0 heterocycles. The Morgan fingerprint density at radius 1 is 1.26 bits per heavy atom. The number of carbonyl (C=O) groups excluding carboxylic acids is 2. The van der Waals surface area contributed by atoms with Crippen LogP contribution in [0.25, 0.3) is 0 Å². The van der Waals surface area contributed by atoms with Gasteiger partial charge in [0.05, 0.1) is 7.11 Å². The molecule has 0 saturated heterocycles. The monoisotopic (exact) mass is 264 g/mol. The van der Waals surface area contributed by atoms with Crippen molar-refractivity contribution in [2.24, 2.45) is 0 Å². The van der Waals surface area contributed by atoms with E-state index < -0.39 is 6.04 Å². The van der Waals surface area contributed by atoms with Gasteiger partial charge in [-0.3, -0.25) is 9.59 Å². The lowest BCUT2D eigenvalue weighted by Gasteiger charge is -2.17. The fraction of sp³-hybridized carbons (Fsp3) is 0.429. The van der Waals surface area contributed by atoms with Crippen LogP contribution in [0.1, 0.15) is 18.9 Å². The Kier molecular flexibility index (Phi) is 5.85. The summed E-state index contributed by atoms with van der Waals surface area (Å²) in [6.07, 6.45) is 0.811. The molecule has 2 N–H and O–H groups in total. The number of likely N-dealkylation sites (N-methyl/N-ethyl adjacent to an activating group) is 1. The smallest absolute Gasteiger partial charge is 0.242 e. The van der Waals surface area contributed by atoms with Crippen molar-refractivity contribution in [1.29, 1.82) is 0 Å². The van der Waals surface area contributed by atoms with Crippen LogP contribution in [0, 0.1) is 0 Å². The van der Waals surface area contributed by atoms with Gasteiger partial charge in [-0.15, -0.1) is 0 Å². The van der Waals surface area contributed by atoms with E-state index in [4.69, 9.17) is 4.74 Å². The second-order valence-corrected chi connectivity index (χ2v) is 4.14. The molecule has 0 aromatic heterocycles. The third kappa shape index (κ3) is 4.62. The van der Waals surface area contributed by atoms with Gasteiger partial charge >= 0.3 is 0 Å². The zero-order chi connectivity index (χ0) is 14.3. The number of carbonyl (C=O) groups is 2. The van der Waals surface area contributed by atoms with Crippen LogP contribution in [0.3, 0.4) is 0 Å². The number of amides is 2. The molecule has 0 aliphatic heterocycles. The fourth-order valence-corrected chi connectivity index (χ4v) is 1.68. The highest BCUT2D eigenvalue weighted by molar-refractivity contribution is 5.87. The molecule has 0 spiro atoms. The molecular weight excluding hydrogens is 244 g/mol. The minimum Gasteiger partial charge on any atom is -0.497 e. The van der Waals surface area contributed by atoms with Crippen LogP contribution in [0.4, 0.5) is 0 Å². The van der Waals surface area contributed by atoms with Crippen molar-refractivity contribution < 1.29 is 14.3 Å². The lowest BCUT2D eigenvalue weighted by molar-refractivity contribution is -0.128. The number of hydrogen-bond donors (Lipinski definition) is 2. The van der Waals surface area contributed by atoms with E-state index in [0.717, 1.165) is 11.3 Å². The zero-order valence-corrected chi connectivity index (χ0v) is 11.5. The molecule has 1 rings (SSSR count). The predicted octanol–water partition coefficient (Wildman–Crippen LogP) is 0.878. The van der Waals surface area contributed by atoms with Crippen LogP contribution in [0.2, 0.25) is 0 Å². The first-order chi connectivity index (χ1) is 9.10. The number of ether oxygens (including phenoxy) is 1. The average Bonchev–Trinajstić information content (AvgIpc) is 2.46. The first kappa shape index (κ1) is 15.0. The van der Waals surface area contributed by atoms with Gasteiger partial charge in [-0.2, -0.15) is 0 Å². The molecule has 5 nitrogen and oxygen atoms in total. The topological polar surface area (TPSA) is 67.4 Å². The molecule has 0 fully saturated rings. The molecule has 104 valence electrons. The number of benzene rings is 1. The molecule has 0 aliphatic carbocycles. The maximum Gasteiger partial charge on any atom is 0.242 e. The second kappa shape index (κ2) is 7.41. The molecule has 5 heteroatoms. The van der Waals surface area contributed by atoms with Crippen LogP contribution in [-0.2, 0) is 16.0 Å². The third-order valence-corrected chi connectivity index (χ3v) is 2.82. The van der Waals surface area contributed by atoms with E-state index in [1.165, 1.54) is 0 Å². The zero-order valence-electron chi connectivity index (χ0n) is 11.5. The molecule has 19 heavy (non-hydrogen) atoms. The number of methoxy groups -OCH3 is 1. The summed E-state index contributed by atoms with van der Waals surface area (Å²) in [4.78, 5) is 23.2. The summed E-state index contributed by atoms with van der Waals surface area (Å²) < 4.78 is 5.08. The molecule has 1 atom stereocenters. The molecule has 1 aromatic carbocycles. The number of hydrogen-bond acceptors (Lipinski definition) is 3. The Bertz CT molecular complexity index is 429. The van der Waals surface area contributed by atoms with Crippen molar-refractivity contribution in [3.63, 3.8) is 0 Å². The molecule has 0 radical (unpaired) electrons. The molecule has 0 saturated carbocycles. The Morgan fingerprint density at radius 2 is 1.89 bits per heavy atom. The minimum atomic E-state index is -0.550. The predicted molar refractivity (Wildman–Crippen MR) is 73.0 cm³/mol. The van der Waals surface area contributed by atoms with Crippen LogP contribution >= 0.6 is 0 Å². The van der Waals surface area contributed by atoms with Gasteiger partial charge in [0, 0.05) is 19.9 Å². The number of rotatable bonds is 6. The summed E-state index contributed by atoms with van der Waals surface area (Å²) in [6, 6.07) is 6.88. The van der Waals surface area contributed by atoms with Gasteiger partial charge in [-0.1, -0.05) is 19.1 Å². The van der Waals surface area contributed by atoms with E-state index in [2.05, 4.69) is 10.6 Å². The van der Waals surface area contributed by atoms with E-state index in [1.807, 2.05) is 24.3 Å². The van der Waals surface area contributed by atoms with E-state index in [1.54, 1.807) is 21.1 Å². The van der Waals surface area contributed by atoms with Crippen molar-refractivity contribution >= 4 is 11.8 Å². The standard InChI is InChI=1S/C14H20N2O3/c1-4-13(17)16-12(14(18)15-2)9-10-5-7-11(19-3)8-6-10/h5-8,12H,4,9H2,1-3H3,(H,15,18)(H,16,17)/t12-/m0/s1. The van der Waals surface area contributed by atoms with Crippen molar-refractivity contribution in [1.82, 2.24) is 10.6 Å². The highest BCUT2D eigenvalue weighted by Crippen LogP contribution is 2.12. The highest BCUT2D eigenvalue weighted by atomic mass is 16.5. The van der Waals surface area contributed by atoms with Crippen molar-refractivity contribution in [2.45, 2.75) is 25.8 Å². The quantitative estimate of drug-likeness (QED) is 0.801. The van der Waals surface area contributed by atoms with E-state index in [0.29, 0.717) is 12.8 Å². The van der Waals surface area contributed by atoms with Crippen LogP contribution in [0.15, 0.2) is 24.3 Å². The van der Waals surface area contributed by atoms with Crippen molar-refractivity contribution in [2.75, 3.05) is 14.2 Å². The minimum absolute atomic E-state index is 0.137. The largest absolute Gasteiger partial charge is 0.497 e. The van der Waals surface area contributed by atoms with Gasteiger partial charge in [-0.05, 0) is 17.7 Å². The maximum atomic E-state index is 11.7. The van der Waals surface area contributed by atoms with Crippen molar-refractivity contribution in [3.8, 4) is 5.75 Å².